The first-order valence-electron chi connectivity index (χ1n) is 10.8. The molecule has 3 nitrogen and oxygen atoms in total. The Morgan fingerprint density at radius 3 is 1.46 bits per heavy atom. The Kier molecular flexibility index (Phi) is 5.93. The lowest BCUT2D eigenvalue weighted by molar-refractivity contribution is 0.0987. The largest absolute Gasteiger partial charge is 0.392 e. The predicted octanol–water partition coefficient (Wildman–Crippen LogP) is 4.95. The first-order valence-corrected chi connectivity index (χ1v) is 10.8. The van der Waals surface area contributed by atoms with Crippen molar-refractivity contribution in [3.63, 3.8) is 0 Å². The minimum absolute atomic E-state index is 0.0155. The van der Waals surface area contributed by atoms with Crippen molar-refractivity contribution in [2.45, 2.75) is 75.4 Å². The topological polar surface area (TPSA) is 57.5 Å². The van der Waals surface area contributed by atoms with E-state index in [1.54, 1.807) is 0 Å². The summed E-state index contributed by atoms with van der Waals surface area (Å²) in [7, 11) is 0. The van der Waals surface area contributed by atoms with E-state index in [4.69, 9.17) is 0 Å². The zero-order valence-corrected chi connectivity index (χ0v) is 16.4. The number of aliphatic hydroxyl groups is 2. The minimum Gasteiger partial charge on any atom is -0.392 e. The van der Waals surface area contributed by atoms with E-state index in [9.17, 15) is 15.0 Å². The Balaban J connectivity index is 1.72. The van der Waals surface area contributed by atoms with Gasteiger partial charge in [-0.2, -0.15) is 0 Å². The number of carbonyl (C=O) groups is 1. The predicted molar refractivity (Wildman–Crippen MR) is 111 cm³/mol. The third-order valence-corrected chi connectivity index (χ3v) is 6.67. The fourth-order valence-corrected chi connectivity index (χ4v) is 5.15. The van der Waals surface area contributed by atoms with Gasteiger partial charge in [0, 0.05) is 23.0 Å². The molecule has 4 unspecified atom stereocenters. The van der Waals surface area contributed by atoms with Gasteiger partial charge >= 0.3 is 0 Å². The summed E-state index contributed by atoms with van der Waals surface area (Å²) in [6.07, 6.45) is 6.99. The molecule has 0 amide bonds. The first kappa shape index (κ1) is 19.4. The van der Waals surface area contributed by atoms with Crippen LogP contribution in [0.4, 0.5) is 0 Å². The van der Waals surface area contributed by atoms with E-state index >= 15 is 0 Å². The van der Waals surface area contributed by atoms with Crippen molar-refractivity contribution in [3.8, 4) is 0 Å². The van der Waals surface area contributed by atoms with Gasteiger partial charge in [-0.3, -0.25) is 4.79 Å². The molecule has 0 aliphatic heterocycles. The van der Waals surface area contributed by atoms with Gasteiger partial charge in [-0.25, -0.2) is 0 Å². The van der Waals surface area contributed by atoms with Crippen molar-refractivity contribution in [1.29, 1.82) is 0 Å². The molecule has 148 valence electrons. The number of carbonyl (C=O) groups excluding carboxylic acids is 1. The molecule has 2 saturated carbocycles. The van der Waals surface area contributed by atoms with E-state index in [1.807, 2.05) is 48.5 Å². The summed E-state index contributed by atoms with van der Waals surface area (Å²) >= 11 is 0. The molecule has 4 atom stereocenters. The molecular formula is C25H30O3. The minimum atomic E-state index is -0.377. The second-order valence-corrected chi connectivity index (χ2v) is 8.42. The molecule has 2 fully saturated rings. The van der Waals surface area contributed by atoms with Crippen LogP contribution in [0.5, 0.6) is 0 Å². The summed E-state index contributed by atoms with van der Waals surface area (Å²) in [6.45, 7) is 0. The van der Waals surface area contributed by atoms with E-state index in [0.29, 0.717) is 11.1 Å². The summed E-state index contributed by atoms with van der Waals surface area (Å²) < 4.78 is 0. The van der Waals surface area contributed by atoms with Crippen LogP contribution in [0.1, 0.15) is 90.3 Å². The summed E-state index contributed by atoms with van der Waals surface area (Å²) in [5.74, 6) is 0.0735. The second-order valence-electron chi connectivity index (χ2n) is 8.42. The highest BCUT2D eigenvalue weighted by molar-refractivity contribution is 6.11. The lowest BCUT2D eigenvalue weighted by Gasteiger charge is -2.30. The van der Waals surface area contributed by atoms with Gasteiger partial charge in [0.1, 0.15) is 0 Å². The van der Waals surface area contributed by atoms with E-state index < -0.39 is 0 Å². The third-order valence-electron chi connectivity index (χ3n) is 6.67. The number of aliphatic hydroxyl groups excluding tert-OH is 2. The second kappa shape index (κ2) is 8.59. The molecule has 2 aromatic rings. The molecule has 2 aromatic carbocycles. The number of ketones is 1. The lowest BCUT2D eigenvalue weighted by atomic mass is 9.76. The maximum atomic E-state index is 13.6. The van der Waals surface area contributed by atoms with Crippen LogP contribution in [0.3, 0.4) is 0 Å². The average molecular weight is 379 g/mol. The number of hydrogen-bond donors (Lipinski definition) is 2. The highest BCUT2D eigenvalue weighted by Crippen LogP contribution is 2.38. The van der Waals surface area contributed by atoms with Crippen LogP contribution in [0, 0.1) is 0 Å². The van der Waals surface area contributed by atoms with Crippen molar-refractivity contribution in [2.24, 2.45) is 0 Å². The van der Waals surface area contributed by atoms with Gasteiger partial charge in [0.15, 0.2) is 5.78 Å². The molecule has 2 N–H and O–H groups in total. The highest BCUT2D eigenvalue weighted by atomic mass is 16.3. The third kappa shape index (κ3) is 3.78. The fraction of sp³-hybridized carbons (Fsp3) is 0.480. The summed E-state index contributed by atoms with van der Waals surface area (Å²) in [6, 6.07) is 15.5. The van der Waals surface area contributed by atoms with Crippen LogP contribution in [-0.2, 0) is 0 Å². The van der Waals surface area contributed by atoms with Gasteiger partial charge in [0.05, 0.1) is 12.2 Å². The average Bonchev–Trinajstić information content (AvgIpc) is 2.74. The van der Waals surface area contributed by atoms with Gasteiger partial charge < -0.3 is 10.2 Å². The Hall–Kier alpha value is -1.97. The summed E-state index contributed by atoms with van der Waals surface area (Å²) in [5.41, 5.74) is 3.34. The van der Waals surface area contributed by atoms with Crippen molar-refractivity contribution in [1.82, 2.24) is 0 Å². The van der Waals surface area contributed by atoms with Crippen LogP contribution >= 0.6 is 0 Å². The van der Waals surface area contributed by atoms with E-state index in [2.05, 4.69) is 0 Å². The van der Waals surface area contributed by atoms with Crippen LogP contribution in [0.25, 0.3) is 0 Å². The van der Waals surface area contributed by atoms with E-state index in [1.165, 1.54) is 0 Å². The molecule has 4 rings (SSSR count). The van der Waals surface area contributed by atoms with Gasteiger partial charge in [0.25, 0.3) is 0 Å². The van der Waals surface area contributed by atoms with Crippen LogP contribution < -0.4 is 0 Å². The van der Waals surface area contributed by atoms with Crippen LogP contribution in [0.2, 0.25) is 0 Å². The maximum absolute atomic E-state index is 13.6. The van der Waals surface area contributed by atoms with Crippen molar-refractivity contribution < 1.29 is 15.0 Å². The molecule has 28 heavy (non-hydrogen) atoms. The molecule has 0 radical (unpaired) electrons. The molecule has 3 heteroatoms. The number of rotatable bonds is 4. The smallest absolute Gasteiger partial charge is 0.193 e. The quantitative estimate of drug-likeness (QED) is 0.740. The first-order chi connectivity index (χ1) is 13.7. The van der Waals surface area contributed by atoms with E-state index in [-0.39, 0.29) is 29.8 Å². The van der Waals surface area contributed by atoms with Crippen molar-refractivity contribution in [3.05, 3.63) is 70.8 Å². The zero-order valence-electron chi connectivity index (χ0n) is 16.4. The lowest BCUT2D eigenvalue weighted by Crippen LogP contribution is -2.26. The normalized spacial score (nSPS) is 28.1. The number of hydrogen-bond acceptors (Lipinski definition) is 3. The van der Waals surface area contributed by atoms with Gasteiger partial charge in [-0.1, -0.05) is 74.2 Å². The summed E-state index contributed by atoms with van der Waals surface area (Å²) in [4.78, 5) is 13.6. The Labute approximate surface area is 167 Å². The molecule has 0 saturated heterocycles. The molecule has 0 heterocycles. The molecule has 0 aromatic heterocycles. The molecule has 0 bridgehead atoms. The Bertz CT molecular complexity index is 761. The highest BCUT2D eigenvalue weighted by Gasteiger charge is 2.31. The standard InChI is InChI=1S/C25H30O3/c26-23-15-7-5-11-19(23)17-9-1-3-13-21(17)25(28)22-14-4-2-10-18(22)20-12-6-8-16-24(20)27/h1-4,9-10,13-14,19-20,23-24,26-27H,5-8,11-12,15-16H2. The van der Waals surface area contributed by atoms with Crippen LogP contribution in [-0.4, -0.2) is 28.2 Å². The van der Waals surface area contributed by atoms with Gasteiger partial charge in [-0.05, 0) is 36.8 Å². The Morgan fingerprint density at radius 2 is 1.04 bits per heavy atom. The monoisotopic (exact) mass is 378 g/mol. The van der Waals surface area contributed by atoms with Gasteiger partial charge in [0.2, 0.25) is 0 Å². The fourth-order valence-electron chi connectivity index (χ4n) is 5.15. The molecule has 2 aliphatic carbocycles. The zero-order chi connectivity index (χ0) is 19.5. The maximum Gasteiger partial charge on any atom is 0.193 e. The van der Waals surface area contributed by atoms with Crippen LogP contribution in [0.15, 0.2) is 48.5 Å². The van der Waals surface area contributed by atoms with Crippen molar-refractivity contribution in [2.75, 3.05) is 0 Å². The summed E-state index contributed by atoms with van der Waals surface area (Å²) in [5, 5.41) is 21.1. The molecule has 2 aliphatic rings. The van der Waals surface area contributed by atoms with E-state index in [0.717, 1.165) is 62.5 Å². The Morgan fingerprint density at radius 1 is 0.643 bits per heavy atom. The SMILES string of the molecule is O=C(c1ccccc1C1CCCCC1O)c1ccccc1C1CCCCC1O. The van der Waals surface area contributed by atoms with Crippen molar-refractivity contribution >= 4 is 5.78 Å². The molecular weight excluding hydrogens is 348 g/mol. The molecule has 0 spiro atoms. The van der Waals surface area contributed by atoms with Gasteiger partial charge in [-0.15, -0.1) is 0 Å². The number of benzene rings is 2.